The first-order valence-electron chi connectivity index (χ1n) is 8.19. The molecule has 1 amide bonds. The Morgan fingerprint density at radius 2 is 1.12 bits per heavy atom. The fourth-order valence-corrected chi connectivity index (χ4v) is 2.97. The maximum Gasteiger partial charge on any atom is 0.253 e. The van der Waals surface area contributed by atoms with E-state index in [0.717, 1.165) is 16.7 Å². The predicted octanol–water partition coefficient (Wildman–Crippen LogP) is 3.67. The summed E-state index contributed by atoms with van der Waals surface area (Å²) in [5.41, 5.74) is 1.61. The maximum absolute atomic E-state index is 12.1. The molecule has 0 bridgehead atoms. The highest BCUT2D eigenvalue weighted by molar-refractivity contribution is 5.93. The topological polar surface area (TPSA) is 40.5 Å². The molecule has 1 N–H and O–H groups in total. The Kier molecular flexibility index (Phi) is 4.68. The highest BCUT2D eigenvalue weighted by Crippen LogP contribution is 2.36. The van der Waals surface area contributed by atoms with Crippen LogP contribution in [0.15, 0.2) is 84.9 Å². The van der Waals surface area contributed by atoms with Crippen LogP contribution in [-0.4, -0.2) is 30.0 Å². The zero-order valence-electron chi connectivity index (χ0n) is 14.4. The van der Waals surface area contributed by atoms with Crippen LogP contribution >= 0.6 is 0 Å². The zero-order chi connectivity index (χ0) is 17.9. The van der Waals surface area contributed by atoms with Crippen molar-refractivity contribution in [1.29, 1.82) is 0 Å². The quantitative estimate of drug-likeness (QED) is 0.741. The van der Waals surface area contributed by atoms with E-state index in [-0.39, 0.29) is 5.91 Å². The Balaban J connectivity index is 2.12. The van der Waals surface area contributed by atoms with E-state index >= 15 is 0 Å². The van der Waals surface area contributed by atoms with Crippen LogP contribution in [-0.2, 0) is 5.60 Å². The lowest BCUT2D eigenvalue weighted by molar-refractivity contribution is 0.0827. The molecule has 0 fully saturated rings. The van der Waals surface area contributed by atoms with E-state index in [1.54, 1.807) is 26.2 Å². The summed E-state index contributed by atoms with van der Waals surface area (Å²) in [7, 11) is 3.45. The molecule has 0 heterocycles. The molecule has 0 aliphatic carbocycles. The van der Waals surface area contributed by atoms with Gasteiger partial charge >= 0.3 is 0 Å². The van der Waals surface area contributed by atoms with E-state index in [9.17, 15) is 9.90 Å². The smallest absolute Gasteiger partial charge is 0.253 e. The van der Waals surface area contributed by atoms with Crippen molar-refractivity contribution in [3.63, 3.8) is 0 Å². The first-order chi connectivity index (χ1) is 12.0. The number of nitrogens with zero attached hydrogens (tertiary/aromatic N) is 1. The van der Waals surface area contributed by atoms with E-state index in [1.165, 1.54) is 4.90 Å². The molecule has 25 heavy (non-hydrogen) atoms. The summed E-state index contributed by atoms with van der Waals surface area (Å²) in [6.45, 7) is 0. The summed E-state index contributed by atoms with van der Waals surface area (Å²) in [5.74, 6) is -0.0606. The summed E-state index contributed by atoms with van der Waals surface area (Å²) >= 11 is 0. The van der Waals surface area contributed by atoms with Gasteiger partial charge in [0.1, 0.15) is 5.60 Å². The molecule has 0 radical (unpaired) electrons. The Bertz CT molecular complexity index is 801. The summed E-state index contributed by atoms with van der Waals surface area (Å²) in [5, 5.41) is 11.7. The van der Waals surface area contributed by atoms with Crippen molar-refractivity contribution in [3.8, 4) is 0 Å². The molecule has 0 aliphatic heterocycles. The molecule has 3 rings (SSSR count). The minimum absolute atomic E-state index is 0.0606. The first kappa shape index (κ1) is 16.9. The van der Waals surface area contributed by atoms with Gasteiger partial charge in [-0.15, -0.1) is 0 Å². The van der Waals surface area contributed by atoms with Gasteiger partial charge in [-0.3, -0.25) is 4.79 Å². The predicted molar refractivity (Wildman–Crippen MR) is 99.4 cm³/mol. The summed E-state index contributed by atoms with van der Waals surface area (Å²) < 4.78 is 0. The molecule has 0 aromatic heterocycles. The van der Waals surface area contributed by atoms with Gasteiger partial charge in [0.05, 0.1) is 0 Å². The van der Waals surface area contributed by atoms with Crippen molar-refractivity contribution in [1.82, 2.24) is 4.90 Å². The molecule has 3 aromatic carbocycles. The number of hydrogen-bond donors (Lipinski definition) is 1. The minimum Gasteiger partial charge on any atom is -0.376 e. The number of hydrogen-bond acceptors (Lipinski definition) is 2. The number of benzene rings is 3. The molecule has 0 atom stereocenters. The third-order valence-electron chi connectivity index (χ3n) is 4.34. The van der Waals surface area contributed by atoms with Crippen molar-refractivity contribution in [2.45, 2.75) is 5.60 Å². The lowest BCUT2D eigenvalue weighted by Gasteiger charge is -2.30. The van der Waals surface area contributed by atoms with E-state index in [4.69, 9.17) is 0 Å². The molecule has 0 aliphatic rings. The standard InChI is InChI=1S/C22H21NO2/c1-23(2)21(24)17-13-15-20(16-14-17)22(25,18-9-5-3-6-10-18)19-11-7-4-8-12-19/h3-16,25H,1-2H3. The number of amides is 1. The summed E-state index contributed by atoms with van der Waals surface area (Å²) in [6.07, 6.45) is 0. The second kappa shape index (κ2) is 6.91. The van der Waals surface area contributed by atoms with E-state index in [1.807, 2.05) is 72.8 Å². The molecular formula is C22H21NO2. The van der Waals surface area contributed by atoms with Gasteiger partial charge in [0.25, 0.3) is 5.91 Å². The number of carbonyl (C=O) groups excluding carboxylic acids is 1. The molecule has 3 heteroatoms. The van der Waals surface area contributed by atoms with Crippen molar-refractivity contribution >= 4 is 5.91 Å². The van der Waals surface area contributed by atoms with Crippen molar-refractivity contribution < 1.29 is 9.90 Å². The van der Waals surface area contributed by atoms with Crippen LogP contribution in [0.5, 0.6) is 0 Å². The lowest BCUT2D eigenvalue weighted by atomic mass is 9.80. The van der Waals surface area contributed by atoms with Crippen molar-refractivity contribution in [3.05, 3.63) is 107 Å². The second-order valence-corrected chi connectivity index (χ2v) is 6.22. The van der Waals surface area contributed by atoms with Crippen LogP contribution in [0.2, 0.25) is 0 Å². The Hall–Kier alpha value is -2.91. The van der Waals surface area contributed by atoms with Gasteiger partial charge in [-0.2, -0.15) is 0 Å². The zero-order valence-corrected chi connectivity index (χ0v) is 14.4. The molecular weight excluding hydrogens is 310 g/mol. The highest BCUT2D eigenvalue weighted by atomic mass is 16.3. The van der Waals surface area contributed by atoms with Gasteiger partial charge in [0.2, 0.25) is 0 Å². The normalized spacial score (nSPS) is 11.2. The average molecular weight is 331 g/mol. The van der Waals surface area contributed by atoms with Gasteiger partial charge in [0, 0.05) is 19.7 Å². The first-order valence-corrected chi connectivity index (χ1v) is 8.19. The fourth-order valence-electron chi connectivity index (χ4n) is 2.97. The van der Waals surface area contributed by atoms with Gasteiger partial charge in [-0.25, -0.2) is 0 Å². The Labute approximate surface area is 148 Å². The molecule has 3 nitrogen and oxygen atoms in total. The van der Waals surface area contributed by atoms with Gasteiger partial charge in [0.15, 0.2) is 0 Å². The number of carbonyl (C=O) groups is 1. The van der Waals surface area contributed by atoms with Crippen molar-refractivity contribution in [2.75, 3.05) is 14.1 Å². The third kappa shape index (κ3) is 3.19. The summed E-state index contributed by atoms with van der Waals surface area (Å²) in [4.78, 5) is 13.6. The average Bonchev–Trinajstić information content (AvgIpc) is 2.68. The largest absolute Gasteiger partial charge is 0.376 e. The van der Waals surface area contributed by atoms with Crippen LogP contribution in [0.25, 0.3) is 0 Å². The number of rotatable bonds is 4. The van der Waals surface area contributed by atoms with E-state index < -0.39 is 5.60 Å². The molecule has 0 spiro atoms. The summed E-state index contributed by atoms with van der Waals surface area (Å²) in [6, 6.07) is 26.3. The highest BCUT2D eigenvalue weighted by Gasteiger charge is 2.33. The molecule has 0 saturated heterocycles. The van der Waals surface area contributed by atoms with E-state index in [2.05, 4.69) is 0 Å². The van der Waals surface area contributed by atoms with Crippen LogP contribution in [0.4, 0.5) is 0 Å². The SMILES string of the molecule is CN(C)C(=O)c1ccc(C(O)(c2ccccc2)c2ccccc2)cc1. The monoisotopic (exact) mass is 331 g/mol. The minimum atomic E-state index is -1.28. The lowest BCUT2D eigenvalue weighted by Crippen LogP contribution is -2.29. The van der Waals surface area contributed by atoms with Gasteiger partial charge in [-0.1, -0.05) is 72.8 Å². The van der Waals surface area contributed by atoms with Crippen LogP contribution in [0.3, 0.4) is 0 Å². The second-order valence-electron chi connectivity index (χ2n) is 6.22. The van der Waals surface area contributed by atoms with E-state index in [0.29, 0.717) is 5.56 Å². The van der Waals surface area contributed by atoms with Crippen molar-refractivity contribution in [2.24, 2.45) is 0 Å². The maximum atomic E-state index is 12.1. The van der Waals surface area contributed by atoms with Crippen LogP contribution in [0, 0.1) is 0 Å². The van der Waals surface area contributed by atoms with Gasteiger partial charge in [-0.05, 0) is 28.8 Å². The Morgan fingerprint density at radius 1 is 0.720 bits per heavy atom. The Morgan fingerprint density at radius 3 is 1.52 bits per heavy atom. The molecule has 0 saturated carbocycles. The molecule has 126 valence electrons. The third-order valence-corrected chi connectivity index (χ3v) is 4.34. The fraction of sp³-hybridized carbons (Fsp3) is 0.136. The molecule has 3 aromatic rings. The molecule has 0 unspecified atom stereocenters. The van der Waals surface area contributed by atoms with Crippen LogP contribution in [0.1, 0.15) is 27.0 Å². The number of aliphatic hydroxyl groups is 1. The van der Waals surface area contributed by atoms with Crippen LogP contribution < -0.4 is 0 Å². The van der Waals surface area contributed by atoms with Gasteiger partial charge < -0.3 is 10.0 Å².